The number of amides is 1. The second-order valence-corrected chi connectivity index (χ2v) is 6.64. The zero-order valence-electron chi connectivity index (χ0n) is 14.9. The van der Waals surface area contributed by atoms with Crippen LogP contribution in [0.5, 0.6) is 0 Å². The van der Waals surface area contributed by atoms with Gasteiger partial charge in [-0.25, -0.2) is 4.68 Å². The lowest BCUT2D eigenvalue weighted by molar-refractivity contribution is 0.0943. The molecule has 2 aromatic carbocycles. The third-order valence-electron chi connectivity index (χ3n) is 4.29. The Labute approximate surface area is 167 Å². The van der Waals surface area contributed by atoms with E-state index in [0.717, 1.165) is 16.8 Å². The van der Waals surface area contributed by atoms with Gasteiger partial charge in [0.25, 0.3) is 5.91 Å². The summed E-state index contributed by atoms with van der Waals surface area (Å²) < 4.78 is 1.66. The second kappa shape index (κ2) is 8.06. The molecule has 138 valence electrons. The number of nitrogens with one attached hydrogen (secondary N) is 1. The first-order valence-corrected chi connectivity index (χ1v) is 9.17. The third-order valence-corrected chi connectivity index (χ3v) is 4.54. The van der Waals surface area contributed by atoms with Crippen molar-refractivity contribution in [2.45, 2.75) is 6.54 Å². The van der Waals surface area contributed by atoms with E-state index in [1.807, 2.05) is 66.7 Å². The highest BCUT2D eigenvalue weighted by atomic mass is 35.5. The fraction of sp³-hybridized carbons (Fsp3) is 0.0455. The molecular weight excluding hydrogens is 372 g/mol. The van der Waals surface area contributed by atoms with Crippen molar-refractivity contribution in [1.29, 1.82) is 0 Å². The summed E-state index contributed by atoms with van der Waals surface area (Å²) >= 11 is 5.99. The summed E-state index contributed by atoms with van der Waals surface area (Å²) in [6.07, 6.45) is 3.41. The minimum absolute atomic E-state index is 0.201. The number of para-hydroxylation sites is 1. The van der Waals surface area contributed by atoms with E-state index < -0.39 is 0 Å². The molecule has 0 aliphatic heterocycles. The molecule has 28 heavy (non-hydrogen) atoms. The van der Waals surface area contributed by atoms with Crippen LogP contribution in [-0.4, -0.2) is 20.7 Å². The molecule has 0 bridgehead atoms. The summed E-state index contributed by atoms with van der Waals surface area (Å²) in [5, 5.41) is 8.26. The predicted molar refractivity (Wildman–Crippen MR) is 109 cm³/mol. The van der Waals surface area contributed by atoms with Crippen molar-refractivity contribution in [1.82, 2.24) is 20.1 Å². The molecule has 0 spiro atoms. The van der Waals surface area contributed by atoms with Crippen LogP contribution in [0.2, 0.25) is 5.02 Å². The highest BCUT2D eigenvalue weighted by Crippen LogP contribution is 2.23. The van der Waals surface area contributed by atoms with Gasteiger partial charge in [0.15, 0.2) is 0 Å². The number of benzene rings is 2. The van der Waals surface area contributed by atoms with E-state index in [4.69, 9.17) is 11.6 Å². The van der Waals surface area contributed by atoms with Crippen LogP contribution >= 0.6 is 11.6 Å². The van der Waals surface area contributed by atoms with Gasteiger partial charge in [0.05, 0.1) is 11.4 Å². The maximum absolute atomic E-state index is 12.9. The van der Waals surface area contributed by atoms with Crippen molar-refractivity contribution in [3.63, 3.8) is 0 Å². The Bertz CT molecular complexity index is 1080. The SMILES string of the molecule is O=C(NCc1ccncc1)c1cc(-c2ccc(Cl)cc2)nn1-c1ccccc1. The predicted octanol–water partition coefficient (Wildman–Crippen LogP) is 4.52. The van der Waals surface area contributed by atoms with E-state index >= 15 is 0 Å². The molecular formula is C22H17ClN4O. The molecule has 2 aromatic heterocycles. The van der Waals surface area contributed by atoms with E-state index in [9.17, 15) is 4.79 Å². The lowest BCUT2D eigenvalue weighted by atomic mass is 10.1. The number of hydrogen-bond donors (Lipinski definition) is 1. The van der Waals surface area contributed by atoms with E-state index in [2.05, 4.69) is 15.4 Å². The Kier molecular flexibility index (Phi) is 5.17. The first-order chi connectivity index (χ1) is 13.7. The van der Waals surface area contributed by atoms with Crippen molar-refractivity contribution < 1.29 is 4.79 Å². The first-order valence-electron chi connectivity index (χ1n) is 8.79. The minimum Gasteiger partial charge on any atom is -0.347 e. The fourth-order valence-corrected chi connectivity index (χ4v) is 2.97. The van der Waals surface area contributed by atoms with Crippen LogP contribution in [0.4, 0.5) is 0 Å². The second-order valence-electron chi connectivity index (χ2n) is 6.21. The molecule has 0 aliphatic rings. The Hall–Kier alpha value is -3.44. The largest absolute Gasteiger partial charge is 0.347 e. The first kappa shape index (κ1) is 17.9. The summed E-state index contributed by atoms with van der Waals surface area (Å²) in [7, 11) is 0. The van der Waals surface area contributed by atoms with Gasteiger partial charge in [0, 0.05) is 29.5 Å². The lowest BCUT2D eigenvalue weighted by Gasteiger charge is -2.08. The molecule has 2 heterocycles. The van der Waals surface area contributed by atoms with E-state index in [1.54, 1.807) is 23.1 Å². The van der Waals surface area contributed by atoms with Crippen LogP contribution in [0.15, 0.2) is 85.2 Å². The van der Waals surface area contributed by atoms with Gasteiger partial charge in [-0.2, -0.15) is 5.10 Å². The van der Waals surface area contributed by atoms with E-state index in [0.29, 0.717) is 23.0 Å². The molecule has 0 aliphatic carbocycles. The number of carbonyl (C=O) groups is 1. The van der Waals surface area contributed by atoms with Crippen molar-refractivity contribution in [2.75, 3.05) is 0 Å². The number of pyridine rings is 1. The van der Waals surface area contributed by atoms with Gasteiger partial charge in [-0.15, -0.1) is 0 Å². The van der Waals surface area contributed by atoms with Crippen molar-refractivity contribution >= 4 is 17.5 Å². The molecule has 0 saturated heterocycles. The molecule has 0 atom stereocenters. The molecule has 6 heteroatoms. The third kappa shape index (κ3) is 3.94. The number of aromatic nitrogens is 3. The van der Waals surface area contributed by atoms with Crippen LogP contribution in [0.1, 0.15) is 16.1 Å². The van der Waals surface area contributed by atoms with Crippen LogP contribution < -0.4 is 5.32 Å². The Balaban J connectivity index is 1.68. The smallest absolute Gasteiger partial charge is 0.270 e. The van der Waals surface area contributed by atoms with Crippen LogP contribution in [0.25, 0.3) is 16.9 Å². The average Bonchev–Trinajstić information content (AvgIpc) is 3.19. The number of carbonyl (C=O) groups excluding carboxylic acids is 1. The van der Waals surface area contributed by atoms with E-state index in [-0.39, 0.29) is 5.91 Å². The van der Waals surface area contributed by atoms with Gasteiger partial charge >= 0.3 is 0 Å². The number of halogens is 1. The highest BCUT2D eigenvalue weighted by Gasteiger charge is 2.17. The van der Waals surface area contributed by atoms with Gasteiger partial charge in [-0.1, -0.05) is 41.9 Å². The maximum atomic E-state index is 12.9. The van der Waals surface area contributed by atoms with Crippen molar-refractivity contribution in [3.05, 3.63) is 101 Å². The zero-order valence-corrected chi connectivity index (χ0v) is 15.7. The number of rotatable bonds is 5. The lowest BCUT2D eigenvalue weighted by Crippen LogP contribution is -2.25. The summed E-state index contributed by atoms with van der Waals surface area (Å²) in [6, 6.07) is 22.5. The summed E-state index contributed by atoms with van der Waals surface area (Å²) in [4.78, 5) is 16.9. The standard InChI is InChI=1S/C22H17ClN4O/c23-18-8-6-17(7-9-18)20-14-21(27(26-20)19-4-2-1-3-5-19)22(28)25-15-16-10-12-24-13-11-16/h1-14H,15H2,(H,25,28). The molecule has 1 N–H and O–H groups in total. The normalized spacial score (nSPS) is 10.6. The summed E-state index contributed by atoms with van der Waals surface area (Å²) in [5.41, 5.74) is 3.85. The highest BCUT2D eigenvalue weighted by molar-refractivity contribution is 6.30. The quantitative estimate of drug-likeness (QED) is 0.547. The summed E-state index contributed by atoms with van der Waals surface area (Å²) in [5.74, 6) is -0.201. The van der Waals surface area contributed by atoms with Gasteiger partial charge in [-0.3, -0.25) is 9.78 Å². The minimum atomic E-state index is -0.201. The van der Waals surface area contributed by atoms with Gasteiger partial charge in [0.2, 0.25) is 0 Å². The average molecular weight is 389 g/mol. The molecule has 4 rings (SSSR count). The number of hydrogen-bond acceptors (Lipinski definition) is 3. The summed E-state index contributed by atoms with van der Waals surface area (Å²) in [6.45, 7) is 0.414. The Morgan fingerprint density at radius 1 is 0.964 bits per heavy atom. The molecule has 0 unspecified atom stereocenters. The van der Waals surface area contributed by atoms with Crippen molar-refractivity contribution in [3.8, 4) is 16.9 Å². The molecule has 0 radical (unpaired) electrons. The zero-order chi connectivity index (χ0) is 19.3. The number of nitrogens with zero attached hydrogens (tertiary/aromatic N) is 3. The molecule has 0 saturated carbocycles. The monoisotopic (exact) mass is 388 g/mol. The van der Waals surface area contributed by atoms with Crippen LogP contribution in [0, 0.1) is 0 Å². The van der Waals surface area contributed by atoms with Gasteiger partial charge in [0.1, 0.15) is 5.69 Å². The van der Waals surface area contributed by atoms with Gasteiger partial charge < -0.3 is 5.32 Å². The molecule has 4 aromatic rings. The molecule has 0 fully saturated rings. The van der Waals surface area contributed by atoms with Gasteiger partial charge in [-0.05, 0) is 48.0 Å². The maximum Gasteiger partial charge on any atom is 0.270 e. The molecule has 5 nitrogen and oxygen atoms in total. The molecule has 1 amide bonds. The van der Waals surface area contributed by atoms with Crippen LogP contribution in [-0.2, 0) is 6.54 Å². The fourth-order valence-electron chi connectivity index (χ4n) is 2.84. The van der Waals surface area contributed by atoms with Crippen LogP contribution in [0.3, 0.4) is 0 Å². The Morgan fingerprint density at radius 2 is 1.68 bits per heavy atom. The van der Waals surface area contributed by atoms with E-state index in [1.165, 1.54) is 0 Å². The topological polar surface area (TPSA) is 59.8 Å². The van der Waals surface area contributed by atoms with Crippen molar-refractivity contribution in [2.24, 2.45) is 0 Å². The Morgan fingerprint density at radius 3 is 2.39 bits per heavy atom.